The third kappa shape index (κ3) is 5.83. The van der Waals surface area contributed by atoms with Gasteiger partial charge >= 0.3 is 0 Å². The van der Waals surface area contributed by atoms with E-state index < -0.39 is 0 Å². The molecule has 0 aliphatic rings. The van der Waals surface area contributed by atoms with E-state index in [1.54, 1.807) is 0 Å². The van der Waals surface area contributed by atoms with Crippen LogP contribution in [0, 0.1) is 0 Å². The number of nitrogens with zero attached hydrogens (tertiary/aromatic N) is 1. The van der Waals surface area contributed by atoms with E-state index in [0.717, 1.165) is 26.1 Å². The number of likely N-dealkylation sites (N-methyl/N-ethyl adjacent to an activating group) is 1. The van der Waals surface area contributed by atoms with Gasteiger partial charge in [-0.15, -0.1) is 0 Å². The lowest BCUT2D eigenvalue weighted by Crippen LogP contribution is -2.48. The smallest absolute Gasteiger partial charge is 0.0611 e. The number of hydrogen-bond donors (Lipinski definition) is 2. The van der Waals surface area contributed by atoms with Gasteiger partial charge in [-0.2, -0.15) is 0 Å². The lowest BCUT2D eigenvalue weighted by atomic mass is 9.98. The second-order valence-electron chi connectivity index (χ2n) is 5.13. The summed E-state index contributed by atoms with van der Waals surface area (Å²) in [6.45, 7) is 14.2. The van der Waals surface area contributed by atoms with E-state index in [1.165, 1.54) is 6.42 Å². The van der Waals surface area contributed by atoms with Crippen LogP contribution in [0.25, 0.3) is 0 Å². The third-order valence-corrected chi connectivity index (χ3v) is 3.14. The van der Waals surface area contributed by atoms with Gasteiger partial charge in [0.1, 0.15) is 0 Å². The summed E-state index contributed by atoms with van der Waals surface area (Å²) in [5, 5.41) is 12.8. The quantitative estimate of drug-likeness (QED) is 0.634. The molecule has 98 valence electrons. The first-order chi connectivity index (χ1) is 7.49. The minimum atomic E-state index is -0.129. The first-order valence-electron chi connectivity index (χ1n) is 6.59. The summed E-state index contributed by atoms with van der Waals surface area (Å²) < 4.78 is 0. The van der Waals surface area contributed by atoms with Crippen molar-refractivity contribution in [3.05, 3.63) is 0 Å². The molecular formula is C13H30N2O. The molecule has 0 amide bonds. The van der Waals surface area contributed by atoms with Crippen molar-refractivity contribution >= 4 is 0 Å². The minimum absolute atomic E-state index is 0.129. The zero-order valence-electron chi connectivity index (χ0n) is 11.7. The lowest BCUT2D eigenvalue weighted by molar-refractivity contribution is 0.136. The van der Waals surface area contributed by atoms with E-state index in [-0.39, 0.29) is 12.1 Å². The van der Waals surface area contributed by atoms with E-state index in [0.29, 0.717) is 6.04 Å². The Balaban J connectivity index is 4.15. The average Bonchev–Trinajstić information content (AvgIpc) is 2.24. The largest absolute Gasteiger partial charge is 0.394 e. The molecule has 0 rings (SSSR count). The molecule has 2 N–H and O–H groups in total. The Morgan fingerprint density at radius 3 is 2.25 bits per heavy atom. The predicted molar refractivity (Wildman–Crippen MR) is 70.8 cm³/mol. The van der Waals surface area contributed by atoms with Gasteiger partial charge in [0.2, 0.25) is 0 Å². The molecular weight excluding hydrogens is 200 g/mol. The molecule has 0 spiro atoms. The topological polar surface area (TPSA) is 35.5 Å². The van der Waals surface area contributed by atoms with E-state index in [4.69, 9.17) is 0 Å². The summed E-state index contributed by atoms with van der Waals surface area (Å²) in [6.07, 6.45) is 2.19. The molecule has 16 heavy (non-hydrogen) atoms. The van der Waals surface area contributed by atoms with Crippen LogP contribution in [0.1, 0.15) is 47.5 Å². The van der Waals surface area contributed by atoms with Gasteiger partial charge in [0.25, 0.3) is 0 Å². The van der Waals surface area contributed by atoms with Gasteiger partial charge in [0.05, 0.1) is 6.61 Å². The molecule has 0 saturated heterocycles. The van der Waals surface area contributed by atoms with Crippen LogP contribution in [0.5, 0.6) is 0 Å². The molecule has 0 aromatic heterocycles. The molecule has 1 atom stereocenters. The Labute approximate surface area is 101 Å². The first-order valence-corrected chi connectivity index (χ1v) is 6.59. The average molecular weight is 230 g/mol. The molecule has 1 unspecified atom stereocenters. The maximum Gasteiger partial charge on any atom is 0.0611 e. The highest BCUT2D eigenvalue weighted by Crippen LogP contribution is 2.11. The molecule has 0 fully saturated rings. The van der Waals surface area contributed by atoms with E-state index >= 15 is 0 Å². The van der Waals surface area contributed by atoms with Gasteiger partial charge in [0.15, 0.2) is 0 Å². The lowest BCUT2D eigenvalue weighted by Gasteiger charge is -2.33. The van der Waals surface area contributed by atoms with Crippen LogP contribution in [0.4, 0.5) is 0 Å². The van der Waals surface area contributed by atoms with Crippen molar-refractivity contribution in [3.8, 4) is 0 Å². The second-order valence-corrected chi connectivity index (χ2v) is 5.13. The fraction of sp³-hybridized carbons (Fsp3) is 1.00. The molecule has 0 aromatic carbocycles. The van der Waals surface area contributed by atoms with Crippen molar-refractivity contribution in [1.29, 1.82) is 0 Å². The minimum Gasteiger partial charge on any atom is -0.394 e. The number of rotatable bonds is 9. The summed E-state index contributed by atoms with van der Waals surface area (Å²) in [5.74, 6) is 0. The van der Waals surface area contributed by atoms with Gasteiger partial charge in [-0.1, -0.05) is 13.8 Å². The summed E-state index contributed by atoms with van der Waals surface area (Å²) in [5.41, 5.74) is -0.129. The van der Waals surface area contributed by atoms with Crippen LogP contribution in [0.3, 0.4) is 0 Å². The maximum atomic E-state index is 9.42. The SMILES string of the molecule is CCCN(CCC(C)(CO)NCC)C(C)C. The van der Waals surface area contributed by atoms with Crippen LogP contribution in [-0.4, -0.2) is 47.8 Å². The van der Waals surface area contributed by atoms with Gasteiger partial charge in [0, 0.05) is 18.1 Å². The van der Waals surface area contributed by atoms with Crippen molar-refractivity contribution < 1.29 is 5.11 Å². The molecule has 0 heterocycles. The number of hydrogen-bond acceptors (Lipinski definition) is 3. The van der Waals surface area contributed by atoms with Crippen LogP contribution < -0.4 is 5.32 Å². The van der Waals surface area contributed by atoms with Crippen LogP contribution in [-0.2, 0) is 0 Å². The van der Waals surface area contributed by atoms with Gasteiger partial charge < -0.3 is 15.3 Å². The molecule has 0 aliphatic carbocycles. The Hall–Kier alpha value is -0.120. The molecule has 0 saturated carbocycles. The summed E-state index contributed by atoms with van der Waals surface area (Å²) in [6, 6.07) is 0.588. The molecule has 0 bridgehead atoms. The Morgan fingerprint density at radius 1 is 1.25 bits per heavy atom. The highest BCUT2D eigenvalue weighted by atomic mass is 16.3. The van der Waals surface area contributed by atoms with Crippen molar-refractivity contribution in [1.82, 2.24) is 10.2 Å². The second kappa shape index (κ2) is 8.04. The number of nitrogens with one attached hydrogen (secondary N) is 1. The molecule has 3 nitrogen and oxygen atoms in total. The molecule has 0 aromatic rings. The van der Waals surface area contributed by atoms with Crippen molar-refractivity contribution in [2.45, 2.75) is 59.0 Å². The Morgan fingerprint density at radius 2 is 1.88 bits per heavy atom. The fourth-order valence-electron chi connectivity index (χ4n) is 1.96. The monoisotopic (exact) mass is 230 g/mol. The molecule has 3 heteroatoms. The van der Waals surface area contributed by atoms with Gasteiger partial charge in [-0.05, 0) is 46.7 Å². The molecule has 0 aliphatic heterocycles. The van der Waals surface area contributed by atoms with Crippen molar-refractivity contribution in [2.75, 3.05) is 26.2 Å². The highest BCUT2D eigenvalue weighted by molar-refractivity contribution is 4.83. The van der Waals surface area contributed by atoms with E-state index in [1.807, 2.05) is 0 Å². The van der Waals surface area contributed by atoms with Gasteiger partial charge in [-0.25, -0.2) is 0 Å². The standard InChI is InChI=1S/C13H30N2O/c1-6-9-15(12(3)4)10-8-13(5,11-16)14-7-2/h12,14,16H,6-11H2,1-5H3. The van der Waals surface area contributed by atoms with Crippen LogP contribution in [0.15, 0.2) is 0 Å². The highest BCUT2D eigenvalue weighted by Gasteiger charge is 2.23. The van der Waals surface area contributed by atoms with Gasteiger partial charge in [-0.3, -0.25) is 0 Å². The zero-order valence-corrected chi connectivity index (χ0v) is 11.7. The third-order valence-electron chi connectivity index (χ3n) is 3.14. The van der Waals surface area contributed by atoms with E-state index in [9.17, 15) is 5.11 Å². The summed E-state index contributed by atoms with van der Waals surface area (Å²) >= 11 is 0. The first kappa shape index (κ1) is 15.9. The van der Waals surface area contributed by atoms with Crippen LogP contribution in [0.2, 0.25) is 0 Å². The summed E-state index contributed by atoms with van der Waals surface area (Å²) in [7, 11) is 0. The number of aliphatic hydroxyl groups is 1. The normalized spacial score (nSPS) is 15.8. The van der Waals surface area contributed by atoms with Crippen LogP contribution >= 0.6 is 0 Å². The van der Waals surface area contributed by atoms with Crippen molar-refractivity contribution in [3.63, 3.8) is 0 Å². The number of aliphatic hydroxyl groups excluding tert-OH is 1. The fourth-order valence-corrected chi connectivity index (χ4v) is 1.96. The maximum absolute atomic E-state index is 9.42. The van der Waals surface area contributed by atoms with E-state index in [2.05, 4.69) is 44.8 Å². The Bertz CT molecular complexity index is 173. The molecule has 0 radical (unpaired) electrons. The Kier molecular flexibility index (Phi) is 7.98. The predicted octanol–water partition coefficient (Wildman–Crippen LogP) is 1.86. The summed E-state index contributed by atoms with van der Waals surface area (Å²) in [4.78, 5) is 2.48. The van der Waals surface area contributed by atoms with Crippen molar-refractivity contribution in [2.24, 2.45) is 0 Å². The zero-order chi connectivity index (χ0) is 12.6.